The number of nitrogens with two attached hydrogens (primary N) is 1. The maximum absolute atomic E-state index is 5.90. The highest BCUT2D eigenvalue weighted by molar-refractivity contribution is 5.26. The Labute approximate surface area is 108 Å². The van der Waals surface area contributed by atoms with E-state index in [0.29, 0.717) is 18.4 Å². The van der Waals surface area contributed by atoms with Gasteiger partial charge in [0.05, 0.1) is 0 Å². The van der Waals surface area contributed by atoms with Gasteiger partial charge in [0, 0.05) is 37.7 Å². The van der Waals surface area contributed by atoms with E-state index in [-0.39, 0.29) is 5.54 Å². The van der Waals surface area contributed by atoms with Crippen molar-refractivity contribution in [3.63, 3.8) is 0 Å². The second-order valence-electron chi connectivity index (χ2n) is 5.57. The van der Waals surface area contributed by atoms with Crippen LogP contribution in [0.25, 0.3) is 0 Å². The molecule has 2 heterocycles. The topological polar surface area (TPSA) is 73.1 Å². The Morgan fingerprint density at radius 2 is 1.94 bits per heavy atom. The van der Waals surface area contributed by atoms with E-state index >= 15 is 0 Å². The molecule has 0 amide bonds. The highest BCUT2D eigenvalue weighted by atomic mass is 16.5. The number of hydrogen-bond acceptors (Lipinski definition) is 5. The predicted molar refractivity (Wildman–Crippen MR) is 71.6 cm³/mol. The maximum Gasteiger partial charge on any atom is 0.222 e. The van der Waals surface area contributed by atoms with Crippen LogP contribution in [0.2, 0.25) is 0 Å². The first-order valence-electron chi connectivity index (χ1n) is 6.47. The second kappa shape index (κ2) is 5.63. The molecule has 1 aromatic heterocycles. The molecule has 0 unspecified atom stereocenters. The molecule has 0 atom stereocenters. The monoisotopic (exact) mass is 250 g/mol. The summed E-state index contributed by atoms with van der Waals surface area (Å²) in [6.07, 6.45) is 5.95. The summed E-state index contributed by atoms with van der Waals surface area (Å²) in [5.74, 6) is 1.18. The van der Waals surface area contributed by atoms with Gasteiger partial charge in [-0.1, -0.05) is 0 Å². The van der Waals surface area contributed by atoms with Crippen LogP contribution in [0.3, 0.4) is 0 Å². The van der Waals surface area contributed by atoms with Gasteiger partial charge in [0.25, 0.3) is 0 Å². The molecule has 2 rings (SSSR count). The van der Waals surface area contributed by atoms with Gasteiger partial charge >= 0.3 is 0 Å². The van der Waals surface area contributed by atoms with Gasteiger partial charge in [-0.2, -0.15) is 0 Å². The van der Waals surface area contributed by atoms with Gasteiger partial charge in [-0.15, -0.1) is 0 Å². The second-order valence-corrected chi connectivity index (χ2v) is 5.57. The molecule has 1 aliphatic heterocycles. The first-order chi connectivity index (χ1) is 8.54. The summed E-state index contributed by atoms with van der Waals surface area (Å²) in [5.41, 5.74) is 6.84. The average Bonchev–Trinajstić information content (AvgIpc) is 2.37. The Hall–Kier alpha value is -1.20. The summed E-state index contributed by atoms with van der Waals surface area (Å²) in [6.45, 7) is 6.27. The summed E-state index contributed by atoms with van der Waals surface area (Å²) in [6, 6.07) is 0. The van der Waals surface area contributed by atoms with Gasteiger partial charge in [0.2, 0.25) is 5.95 Å². The van der Waals surface area contributed by atoms with Gasteiger partial charge in [-0.25, -0.2) is 9.97 Å². The van der Waals surface area contributed by atoms with Crippen LogP contribution >= 0.6 is 0 Å². The van der Waals surface area contributed by atoms with Crippen LogP contribution in [0.4, 0.5) is 5.95 Å². The fourth-order valence-corrected chi connectivity index (χ4v) is 1.98. The SMILES string of the molecule is CC(C)(N)CNc1ncc(C2CCOCC2)cn1. The fraction of sp³-hybridized carbons (Fsp3) is 0.692. The van der Waals surface area contributed by atoms with E-state index in [0.717, 1.165) is 26.1 Å². The molecule has 0 saturated carbocycles. The molecule has 1 saturated heterocycles. The normalized spacial score (nSPS) is 17.7. The van der Waals surface area contributed by atoms with E-state index in [1.807, 2.05) is 26.2 Å². The molecule has 1 aliphatic rings. The lowest BCUT2D eigenvalue weighted by Crippen LogP contribution is -2.39. The van der Waals surface area contributed by atoms with Crippen molar-refractivity contribution in [1.29, 1.82) is 0 Å². The lowest BCUT2D eigenvalue weighted by molar-refractivity contribution is 0.0852. The minimum absolute atomic E-state index is 0.261. The van der Waals surface area contributed by atoms with Crippen molar-refractivity contribution < 1.29 is 4.74 Å². The summed E-state index contributed by atoms with van der Waals surface area (Å²) in [5, 5.41) is 3.14. The molecule has 3 N–H and O–H groups in total. The van der Waals surface area contributed by atoms with E-state index in [1.165, 1.54) is 5.56 Å². The van der Waals surface area contributed by atoms with Crippen LogP contribution < -0.4 is 11.1 Å². The molecule has 0 radical (unpaired) electrons. The Bertz CT molecular complexity index is 366. The number of hydrogen-bond donors (Lipinski definition) is 2. The van der Waals surface area contributed by atoms with Gasteiger partial charge in [-0.05, 0) is 38.2 Å². The van der Waals surface area contributed by atoms with E-state index < -0.39 is 0 Å². The molecule has 0 spiro atoms. The molecule has 5 nitrogen and oxygen atoms in total. The zero-order chi connectivity index (χ0) is 13.0. The molecule has 0 aliphatic carbocycles. The lowest BCUT2D eigenvalue weighted by Gasteiger charge is -2.22. The van der Waals surface area contributed by atoms with Crippen LogP contribution in [0, 0.1) is 0 Å². The van der Waals surface area contributed by atoms with Crippen LogP contribution in [0.5, 0.6) is 0 Å². The maximum atomic E-state index is 5.90. The number of ether oxygens (including phenoxy) is 1. The van der Waals surface area contributed by atoms with Crippen molar-refractivity contribution in [3.05, 3.63) is 18.0 Å². The first kappa shape index (κ1) is 13.2. The standard InChI is InChI=1S/C13H22N4O/c1-13(2,14)9-17-12-15-7-11(8-16-12)10-3-5-18-6-4-10/h7-8,10H,3-6,9,14H2,1-2H3,(H,15,16,17). The largest absolute Gasteiger partial charge is 0.381 e. The third-order valence-corrected chi connectivity index (χ3v) is 3.07. The zero-order valence-corrected chi connectivity index (χ0v) is 11.1. The number of nitrogens with zero attached hydrogens (tertiary/aromatic N) is 2. The molecule has 0 aromatic carbocycles. The van der Waals surface area contributed by atoms with E-state index in [1.54, 1.807) is 0 Å². The van der Waals surface area contributed by atoms with E-state index in [9.17, 15) is 0 Å². The summed E-state index contributed by atoms with van der Waals surface area (Å²) < 4.78 is 5.35. The van der Waals surface area contributed by atoms with Crippen molar-refractivity contribution in [2.45, 2.75) is 38.1 Å². The van der Waals surface area contributed by atoms with Gasteiger partial charge in [0.1, 0.15) is 0 Å². The van der Waals surface area contributed by atoms with Gasteiger partial charge in [0.15, 0.2) is 0 Å². The molecule has 5 heteroatoms. The van der Waals surface area contributed by atoms with E-state index in [4.69, 9.17) is 10.5 Å². The third-order valence-electron chi connectivity index (χ3n) is 3.07. The Morgan fingerprint density at radius 1 is 1.33 bits per heavy atom. The van der Waals surface area contributed by atoms with Crippen molar-refractivity contribution in [2.75, 3.05) is 25.1 Å². The zero-order valence-electron chi connectivity index (χ0n) is 11.1. The lowest BCUT2D eigenvalue weighted by atomic mass is 9.94. The molecule has 0 bridgehead atoms. The van der Waals surface area contributed by atoms with Crippen molar-refractivity contribution in [3.8, 4) is 0 Å². The molecule has 1 fully saturated rings. The molecular formula is C13H22N4O. The Kier molecular flexibility index (Phi) is 4.14. The quantitative estimate of drug-likeness (QED) is 0.847. The van der Waals surface area contributed by atoms with E-state index in [2.05, 4.69) is 15.3 Å². The Balaban J connectivity index is 1.92. The molecule has 1 aromatic rings. The molecular weight excluding hydrogens is 228 g/mol. The fourth-order valence-electron chi connectivity index (χ4n) is 1.98. The third kappa shape index (κ3) is 3.92. The number of rotatable bonds is 4. The summed E-state index contributed by atoms with van der Waals surface area (Å²) >= 11 is 0. The van der Waals surface area contributed by atoms with Crippen LogP contribution in [0.15, 0.2) is 12.4 Å². The smallest absolute Gasteiger partial charge is 0.222 e. The summed E-state index contributed by atoms with van der Waals surface area (Å²) in [4.78, 5) is 8.68. The molecule has 100 valence electrons. The summed E-state index contributed by atoms with van der Waals surface area (Å²) in [7, 11) is 0. The minimum atomic E-state index is -0.261. The molecule has 18 heavy (non-hydrogen) atoms. The number of anilines is 1. The minimum Gasteiger partial charge on any atom is -0.381 e. The number of nitrogens with one attached hydrogen (secondary N) is 1. The predicted octanol–water partition coefficient (Wildman–Crippen LogP) is 1.52. The van der Waals surface area contributed by atoms with Crippen LogP contribution in [0.1, 0.15) is 38.2 Å². The highest BCUT2D eigenvalue weighted by Crippen LogP contribution is 2.25. The Morgan fingerprint density at radius 3 is 2.50 bits per heavy atom. The van der Waals surface area contributed by atoms with Gasteiger partial charge in [-0.3, -0.25) is 0 Å². The van der Waals surface area contributed by atoms with Gasteiger partial charge < -0.3 is 15.8 Å². The number of aromatic nitrogens is 2. The van der Waals surface area contributed by atoms with Crippen molar-refractivity contribution in [1.82, 2.24) is 9.97 Å². The first-order valence-corrected chi connectivity index (χ1v) is 6.47. The van der Waals surface area contributed by atoms with Crippen molar-refractivity contribution in [2.24, 2.45) is 5.73 Å². The van der Waals surface area contributed by atoms with Crippen LogP contribution in [-0.4, -0.2) is 35.3 Å². The van der Waals surface area contributed by atoms with Crippen LogP contribution in [-0.2, 0) is 4.74 Å². The average molecular weight is 250 g/mol. The highest BCUT2D eigenvalue weighted by Gasteiger charge is 2.17. The van der Waals surface area contributed by atoms with Crippen molar-refractivity contribution >= 4 is 5.95 Å².